The Morgan fingerprint density at radius 2 is 0.644 bits per heavy atom. The highest BCUT2D eigenvalue weighted by atomic mass is 35.5. The van der Waals surface area contributed by atoms with Crippen LogP contribution in [0.3, 0.4) is 0 Å². The number of halogens is 6. The van der Waals surface area contributed by atoms with Gasteiger partial charge in [0.05, 0.1) is 22.4 Å². The summed E-state index contributed by atoms with van der Waals surface area (Å²) in [5, 5.41) is 46.8. The van der Waals surface area contributed by atoms with Crippen molar-refractivity contribution in [1.29, 1.82) is 0 Å². The molecule has 0 aliphatic heterocycles. The highest BCUT2D eigenvalue weighted by Crippen LogP contribution is 2.49. The van der Waals surface area contributed by atoms with E-state index in [0.717, 1.165) is 157 Å². The maximum atomic E-state index is 13.7. The van der Waals surface area contributed by atoms with Crippen molar-refractivity contribution in [2.75, 3.05) is 82.6 Å². The molecule has 0 saturated heterocycles. The van der Waals surface area contributed by atoms with Crippen LogP contribution in [0.1, 0.15) is 127 Å². The lowest BCUT2D eigenvalue weighted by Gasteiger charge is -2.45. The van der Waals surface area contributed by atoms with Crippen LogP contribution < -0.4 is 0 Å². The number of aliphatic hydroxyl groups is 4. The monoisotopic (exact) mass is 1440 g/mol. The molecule has 0 heterocycles. The molecule has 0 bridgehead atoms. The summed E-state index contributed by atoms with van der Waals surface area (Å²) >= 11 is 6.02. The van der Waals surface area contributed by atoms with Crippen molar-refractivity contribution in [3.63, 3.8) is 0 Å². The van der Waals surface area contributed by atoms with E-state index in [0.29, 0.717) is 40.7 Å². The van der Waals surface area contributed by atoms with Gasteiger partial charge in [-0.3, -0.25) is 0 Å². The van der Waals surface area contributed by atoms with Gasteiger partial charge in [-0.2, -0.15) is 0 Å². The molecule has 8 aromatic carbocycles. The van der Waals surface area contributed by atoms with Gasteiger partial charge in [-0.05, 0) is 307 Å². The van der Waals surface area contributed by atoms with E-state index in [2.05, 4.69) is 59.9 Å². The van der Waals surface area contributed by atoms with Crippen LogP contribution in [-0.2, 0) is 48.9 Å². The molecule has 12 atom stereocenters. The standard InChI is InChI=1S/C23H29F2NO.C23H30FNO.C22H27ClFNO.C22H28FNO/c1-16-12-19(6-9-22(16)25)23(27)11-10-18(14-20(23)15-26(2)3)13-17-4-7-21(24)8-5-17;1-25(2)17-21-15-20(14-18-8-10-22(24)11-9-18)12-13-23(21,26)16-19-6-4-3-5-7-19;1-25(2)15-19-14-17(13-16-3-9-21(24)10-4-16)11-12-22(19,26)18-5-7-20(23)8-6-18;1-24(2)16-20-15-18(14-17-8-10-21(23)11-9-17)12-13-22(20,25)19-6-4-3-5-7-19/h4-9,12,18,20,27H,10-11,13-15H2,1-3H3;3-11,20-21,26H,12-17H2,1-2H3;3-10,17,19,26H,11-15H2,1-2H3;3-11,18,20,25H,12-16H2,1-2H3. The lowest BCUT2D eigenvalue weighted by Crippen LogP contribution is -2.49. The number of aryl methyl sites for hydroxylation is 1. The Morgan fingerprint density at radius 3 is 0.990 bits per heavy atom. The molecule has 560 valence electrons. The van der Waals surface area contributed by atoms with E-state index in [-0.39, 0.29) is 52.8 Å². The van der Waals surface area contributed by atoms with Crippen molar-refractivity contribution < 1.29 is 42.4 Å². The van der Waals surface area contributed by atoms with Crippen molar-refractivity contribution in [3.8, 4) is 0 Å². The Hall–Kier alpha value is -6.62. The van der Waals surface area contributed by atoms with Crippen LogP contribution >= 0.6 is 11.6 Å². The van der Waals surface area contributed by atoms with Crippen molar-refractivity contribution in [3.05, 3.63) is 284 Å². The van der Waals surface area contributed by atoms with E-state index in [1.54, 1.807) is 31.2 Å². The summed E-state index contributed by atoms with van der Waals surface area (Å²) in [7, 11) is 16.4. The van der Waals surface area contributed by atoms with Gasteiger partial charge in [0.2, 0.25) is 0 Å². The van der Waals surface area contributed by atoms with Gasteiger partial charge in [-0.25, -0.2) is 22.0 Å². The van der Waals surface area contributed by atoms with E-state index < -0.39 is 22.4 Å². The summed E-state index contributed by atoms with van der Waals surface area (Å²) in [6.45, 7) is 5.10. The Morgan fingerprint density at radius 1 is 0.346 bits per heavy atom. The van der Waals surface area contributed by atoms with Gasteiger partial charge in [0.25, 0.3) is 0 Å². The molecule has 14 heteroatoms. The summed E-state index contributed by atoms with van der Waals surface area (Å²) in [5.41, 5.74) is 6.06. The molecule has 0 radical (unpaired) electrons. The van der Waals surface area contributed by atoms with Gasteiger partial charge in [0.1, 0.15) is 29.1 Å². The molecule has 0 aromatic heterocycles. The second-order valence-electron chi connectivity index (χ2n) is 32.1. The van der Waals surface area contributed by atoms with Gasteiger partial charge in [-0.15, -0.1) is 0 Å². The topological polar surface area (TPSA) is 93.9 Å². The van der Waals surface area contributed by atoms with Crippen LogP contribution in [0.2, 0.25) is 5.02 Å². The Balaban J connectivity index is 0.000000161. The number of hydrogen-bond donors (Lipinski definition) is 4. The fourth-order valence-corrected chi connectivity index (χ4v) is 17.5. The zero-order chi connectivity index (χ0) is 74.8. The molecule has 12 rings (SSSR count). The van der Waals surface area contributed by atoms with Crippen LogP contribution in [0.15, 0.2) is 200 Å². The molecule has 0 amide bonds. The maximum Gasteiger partial charge on any atom is 0.126 e. The highest BCUT2D eigenvalue weighted by molar-refractivity contribution is 6.30. The van der Waals surface area contributed by atoms with Crippen LogP contribution in [0, 0.1) is 83.4 Å². The molecule has 4 fully saturated rings. The third-order valence-corrected chi connectivity index (χ3v) is 23.0. The van der Waals surface area contributed by atoms with Crippen LogP contribution in [0.4, 0.5) is 22.0 Å². The minimum Gasteiger partial charge on any atom is -0.389 e. The van der Waals surface area contributed by atoms with Gasteiger partial charge in [-0.1, -0.05) is 145 Å². The first-order chi connectivity index (χ1) is 49.6. The second-order valence-corrected chi connectivity index (χ2v) is 32.5. The van der Waals surface area contributed by atoms with Crippen LogP contribution in [0.5, 0.6) is 0 Å². The molecule has 0 spiro atoms. The fraction of sp³-hybridized carbons (Fsp3) is 0.467. The summed E-state index contributed by atoms with van der Waals surface area (Å²) in [4.78, 5) is 8.60. The predicted molar refractivity (Wildman–Crippen MR) is 414 cm³/mol. The van der Waals surface area contributed by atoms with E-state index in [9.17, 15) is 42.4 Å². The normalized spacial score (nSPS) is 26.2. The molecular formula is C90H114ClF5N4O4. The lowest BCUT2D eigenvalue weighted by molar-refractivity contribution is -0.0754. The summed E-state index contributed by atoms with van der Waals surface area (Å²) in [5.74, 6) is 1.67. The predicted octanol–water partition coefficient (Wildman–Crippen LogP) is 18.1. The zero-order valence-electron chi connectivity index (χ0n) is 62.9. The van der Waals surface area contributed by atoms with Crippen LogP contribution in [-0.4, -0.2) is 128 Å². The number of rotatable bonds is 21. The molecule has 104 heavy (non-hydrogen) atoms. The summed E-state index contributed by atoms with van der Waals surface area (Å²) in [6.07, 6.45) is 15.2. The molecule has 4 aliphatic carbocycles. The molecule has 4 N–H and O–H groups in total. The first kappa shape index (κ1) is 81.5. The lowest BCUT2D eigenvalue weighted by atomic mass is 9.66. The zero-order valence-corrected chi connectivity index (χ0v) is 63.6. The first-order valence-corrected chi connectivity index (χ1v) is 38.0. The Bertz CT molecular complexity index is 3860. The van der Waals surface area contributed by atoms with Crippen molar-refractivity contribution in [2.24, 2.45) is 47.3 Å². The summed E-state index contributed by atoms with van der Waals surface area (Å²) in [6, 6.07) is 60.2. The molecule has 4 saturated carbocycles. The largest absolute Gasteiger partial charge is 0.389 e. The number of hydrogen-bond acceptors (Lipinski definition) is 8. The molecular weight excluding hydrogens is 1330 g/mol. The first-order valence-electron chi connectivity index (χ1n) is 37.6. The smallest absolute Gasteiger partial charge is 0.126 e. The molecule has 8 aromatic rings. The van der Waals surface area contributed by atoms with Crippen molar-refractivity contribution in [1.82, 2.24) is 19.6 Å². The minimum atomic E-state index is -0.942. The highest BCUT2D eigenvalue weighted by Gasteiger charge is 2.47. The summed E-state index contributed by atoms with van der Waals surface area (Å²) < 4.78 is 66.3. The van der Waals surface area contributed by atoms with E-state index in [1.807, 2.05) is 150 Å². The van der Waals surface area contributed by atoms with E-state index >= 15 is 0 Å². The Labute approximate surface area is 623 Å². The average Bonchev–Trinajstić information content (AvgIpc) is 0.782. The SMILES string of the molecule is CN(C)CC1CC(Cc2ccc(F)cc2)CCC1(O)Cc1ccccc1.CN(C)CC1CC(Cc2ccc(F)cc2)CCC1(O)c1ccc(Cl)cc1.CN(C)CC1CC(Cc2ccc(F)cc2)CCC1(O)c1ccccc1.Cc1cc(C2(O)CCC(Cc3ccc(F)cc3)CC2CN(C)C)ccc1F. The quantitative estimate of drug-likeness (QED) is 0.0529. The van der Waals surface area contributed by atoms with E-state index in [4.69, 9.17) is 11.6 Å². The minimum absolute atomic E-state index is 0.0663. The molecule has 4 aliphatic rings. The van der Waals surface area contributed by atoms with Gasteiger partial charge < -0.3 is 40.0 Å². The third kappa shape index (κ3) is 23.2. The van der Waals surface area contributed by atoms with Crippen molar-refractivity contribution in [2.45, 2.75) is 138 Å². The van der Waals surface area contributed by atoms with Gasteiger partial charge in [0, 0.05) is 61.3 Å². The van der Waals surface area contributed by atoms with Crippen LogP contribution in [0.25, 0.3) is 0 Å². The number of benzene rings is 8. The maximum absolute atomic E-state index is 13.7. The third-order valence-electron chi connectivity index (χ3n) is 22.8. The average molecular weight is 1450 g/mol. The fourth-order valence-electron chi connectivity index (χ4n) is 17.4. The second kappa shape index (κ2) is 37.8. The van der Waals surface area contributed by atoms with Gasteiger partial charge in [0.15, 0.2) is 0 Å². The van der Waals surface area contributed by atoms with Gasteiger partial charge >= 0.3 is 0 Å². The molecule has 12 unspecified atom stereocenters. The van der Waals surface area contributed by atoms with E-state index in [1.165, 1.54) is 59.2 Å². The Kier molecular flexibility index (Phi) is 29.6. The van der Waals surface area contributed by atoms with Crippen molar-refractivity contribution >= 4 is 11.6 Å². The number of nitrogens with zero attached hydrogens (tertiary/aromatic N) is 4. The molecule has 8 nitrogen and oxygen atoms in total.